The van der Waals surface area contributed by atoms with Gasteiger partial charge in [0.2, 0.25) is 5.91 Å². The molecule has 0 aromatic carbocycles. The molecule has 2 amide bonds. The molecule has 0 atom stereocenters. The average molecular weight is 356 g/mol. The number of hydrogen-bond acceptors (Lipinski definition) is 5. The van der Waals surface area contributed by atoms with Crippen LogP contribution in [0, 0.1) is 11.3 Å². The van der Waals surface area contributed by atoms with Gasteiger partial charge in [0.05, 0.1) is 16.6 Å². The molecule has 2 N–H and O–H groups in total. The van der Waals surface area contributed by atoms with Crippen molar-refractivity contribution >= 4 is 22.9 Å². The van der Waals surface area contributed by atoms with E-state index in [4.69, 9.17) is 4.52 Å². The molecule has 0 spiro atoms. The van der Waals surface area contributed by atoms with Crippen LogP contribution in [0.1, 0.15) is 74.1 Å². The van der Waals surface area contributed by atoms with E-state index in [0.717, 1.165) is 37.1 Å². The lowest BCUT2D eigenvalue weighted by Gasteiger charge is -2.16. The zero-order valence-electron chi connectivity index (χ0n) is 15.4. The van der Waals surface area contributed by atoms with Crippen molar-refractivity contribution < 1.29 is 14.1 Å². The molecule has 0 unspecified atom stereocenters. The second-order valence-electron chi connectivity index (χ2n) is 8.63. The first-order valence-electron chi connectivity index (χ1n) is 9.21. The summed E-state index contributed by atoms with van der Waals surface area (Å²) in [7, 11) is 0. The summed E-state index contributed by atoms with van der Waals surface area (Å²) in [6.07, 6.45) is 4.57. The number of rotatable bonds is 4. The molecular formula is C19H24N4O3. The molecule has 2 aliphatic carbocycles. The second-order valence-corrected chi connectivity index (χ2v) is 8.63. The summed E-state index contributed by atoms with van der Waals surface area (Å²) in [5, 5.41) is 4.81. The third-order valence-electron chi connectivity index (χ3n) is 4.72. The molecule has 26 heavy (non-hydrogen) atoms. The summed E-state index contributed by atoms with van der Waals surface area (Å²) < 4.78 is 5.45. The predicted molar refractivity (Wildman–Crippen MR) is 95.3 cm³/mol. The monoisotopic (exact) mass is 356 g/mol. The molecule has 7 nitrogen and oxygen atoms in total. The van der Waals surface area contributed by atoms with Crippen LogP contribution in [-0.2, 0) is 11.2 Å². The molecule has 0 radical (unpaired) electrons. The molecule has 2 fully saturated rings. The molecule has 2 aromatic heterocycles. The Bertz CT molecular complexity index is 873. The van der Waals surface area contributed by atoms with Gasteiger partial charge >= 0.3 is 0 Å². The number of hydrogen-bond donors (Lipinski definition) is 2. The molecular weight excluding hydrogens is 332 g/mol. The molecule has 0 aliphatic heterocycles. The Morgan fingerprint density at radius 2 is 1.92 bits per heavy atom. The van der Waals surface area contributed by atoms with Gasteiger partial charge in [0.25, 0.3) is 11.6 Å². The summed E-state index contributed by atoms with van der Waals surface area (Å²) in [5.74, 6) is -0.0806. The van der Waals surface area contributed by atoms with Crippen LogP contribution in [0.25, 0.3) is 11.1 Å². The Labute approximate surface area is 151 Å². The molecule has 4 rings (SSSR count). The number of hydrazine groups is 1. The summed E-state index contributed by atoms with van der Waals surface area (Å²) in [5.41, 5.74) is 7.50. The fourth-order valence-corrected chi connectivity index (χ4v) is 3.05. The molecule has 0 saturated heterocycles. The lowest BCUT2D eigenvalue weighted by atomic mass is 9.89. The van der Waals surface area contributed by atoms with Crippen LogP contribution in [0.5, 0.6) is 0 Å². The Kier molecular flexibility index (Phi) is 3.97. The number of amides is 2. The van der Waals surface area contributed by atoms with Crippen LogP contribution < -0.4 is 10.9 Å². The smallest absolute Gasteiger partial charge is 0.270 e. The number of fused-ring (bicyclic) bond motifs is 1. The molecule has 2 aromatic rings. The van der Waals surface area contributed by atoms with E-state index in [1.165, 1.54) is 0 Å². The van der Waals surface area contributed by atoms with E-state index >= 15 is 0 Å². The van der Waals surface area contributed by atoms with Crippen molar-refractivity contribution in [3.8, 4) is 0 Å². The zero-order chi connectivity index (χ0) is 18.5. The van der Waals surface area contributed by atoms with Gasteiger partial charge in [-0.2, -0.15) is 0 Å². The van der Waals surface area contributed by atoms with Crippen molar-refractivity contribution in [1.82, 2.24) is 21.0 Å². The maximum Gasteiger partial charge on any atom is 0.270 e. The highest BCUT2D eigenvalue weighted by molar-refractivity contribution is 6.06. The lowest BCUT2D eigenvalue weighted by molar-refractivity contribution is -0.123. The Balaban J connectivity index is 1.68. The molecule has 7 heteroatoms. The van der Waals surface area contributed by atoms with Gasteiger partial charge in [-0.3, -0.25) is 20.4 Å². The number of nitrogens with one attached hydrogen (secondary N) is 2. The minimum absolute atomic E-state index is 0.00704. The van der Waals surface area contributed by atoms with Gasteiger partial charge in [-0.15, -0.1) is 0 Å². The fourth-order valence-electron chi connectivity index (χ4n) is 3.05. The van der Waals surface area contributed by atoms with E-state index in [2.05, 4.69) is 41.8 Å². The van der Waals surface area contributed by atoms with Crippen molar-refractivity contribution in [3.05, 3.63) is 23.0 Å². The van der Waals surface area contributed by atoms with Crippen LogP contribution in [0.3, 0.4) is 0 Å². The number of nitrogens with zero attached hydrogens (tertiary/aromatic N) is 2. The van der Waals surface area contributed by atoms with E-state index < -0.39 is 0 Å². The molecule has 0 bridgehead atoms. The van der Waals surface area contributed by atoms with Crippen molar-refractivity contribution in [2.45, 2.75) is 58.8 Å². The Hall–Kier alpha value is -2.44. The van der Waals surface area contributed by atoms with Crippen LogP contribution in [-0.4, -0.2) is 22.0 Å². The first kappa shape index (κ1) is 17.0. The molecule has 2 heterocycles. The van der Waals surface area contributed by atoms with Gasteiger partial charge in [-0.1, -0.05) is 25.9 Å². The number of aromatic nitrogens is 2. The minimum atomic E-state index is -0.355. The second kappa shape index (κ2) is 6.07. The van der Waals surface area contributed by atoms with Crippen LogP contribution >= 0.6 is 0 Å². The van der Waals surface area contributed by atoms with Gasteiger partial charge in [0.15, 0.2) is 0 Å². The van der Waals surface area contributed by atoms with Gasteiger partial charge in [-0.25, -0.2) is 4.98 Å². The van der Waals surface area contributed by atoms with Gasteiger partial charge < -0.3 is 4.52 Å². The Morgan fingerprint density at radius 1 is 1.19 bits per heavy atom. The standard InChI is InChI=1S/C19H24N4O3/c1-19(2,3)9-14-15-12(17(25)22-21-16(24)11-6-7-11)8-13(10-4-5-10)20-18(15)26-23-14/h8,10-11H,4-7,9H2,1-3H3,(H,21,24)(H,22,25). The first-order chi connectivity index (χ1) is 12.3. The van der Waals surface area contributed by atoms with E-state index in [9.17, 15) is 9.59 Å². The van der Waals surface area contributed by atoms with E-state index in [1.807, 2.05) is 6.07 Å². The quantitative estimate of drug-likeness (QED) is 0.821. The van der Waals surface area contributed by atoms with Crippen LogP contribution in [0.15, 0.2) is 10.6 Å². The first-order valence-corrected chi connectivity index (χ1v) is 9.21. The van der Waals surface area contributed by atoms with E-state index in [-0.39, 0.29) is 23.1 Å². The highest BCUT2D eigenvalue weighted by atomic mass is 16.5. The van der Waals surface area contributed by atoms with Gasteiger partial charge in [-0.05, 0) is 43.6 Å². The third-order valence-corrected chi connectivity index (χ3v) is 4.72. The van der Waals surface area contributed by atoms with Crippen molar-refractivity contribution in [3.63, 3.8) is 0 Å². The molecule has 2 saturated carbocycles. The van der Waals surface area contributed by atoms with Crippen LogP contribution in [0.4, 0.5) is 0 Å². The normalized spacial score (nSPS) is 17.3. The number of carbonyl (C=O) groups is 2. The fraction of sp³-hybridized carbons (Fsp3) is 0.579. The summed E-state index contributed by atoms with van der Waals surface area (Å²) in [6.45, 7) is 6.32. The predicted octanol–water partition coefficient (Wildman–Crippen LogP) is 2.86. The SMILES string of the molecule is CC(C)(C)Cc1noc2nc(C3CC3)cc(C(=O)NNC(=O)C3CC3)c12. The van der Waals surface area contributed by atoms with Crippen molar-refractivity contribution in [2.24, 2.45) is 11.3 Å². The van der Waals surface area contributed by atoms with E-state index in [1.54, 1.807) is 0 Å². The van der Waals surface area contributed by atoms with Crippen molar-refractivity contribution in [2.75, 3.05) is 0 Å². The number of carbonyl (C=O) groups excluding carboxylic acids is 2. The lowest BCUT2D eigenvalue weighted by Crippen LogP contribution is -2.42. The number of pyridine rings is 1. The topological polar surface area (TPSA) is 97.1 Å². The highest BCUT2D eigenvalue weighted by Crippen LogP contribution is 2.41. The molecule has 2 aliphatic rings. The summed E-state index contributed by atoms with van der Waals surface area (Å²) in [6, 6.07) is 1.82. The maximum absolute atomic E-state index is 12.8. The molecule has 138 valence electrons. The van der Waals surface area contributed by atoms with E-state index in [0.29, 0.717) is 29.0 Å². The van der Waals surface area contributed by atoms with Gasteiger partial charge in [0.1, 0.15) is 0 Å². The third kappa shape index (κ3) is 3.57. The summed E-state index contributed by atoms with van der Waals surface area (Å²) in [4.78, 5) is 29.2. The largest absolute Gasteiger partial charge is 0.336 e. The van der Waals surface area contributed by atoms with Crippen molar-refractivity contribution in [1.29, 1.82) is 0 Å². The zero-order valence-corrected chi connectivity index (χ0v) is 15.4. The van der Waals surface area contributed by atoms with Gasteiger partial charge in [0, 0.05) is 17.5 Å². The Morgan fingerprint density at radius 3 is 2.54 bits per heavy atom. The summed E-state index contributed by atoms with van der Waals surface area (Å²) >= 11 is 0. The maximum atomic E-state index is 12.8. The van der Waals surface area contributed by atoms with Crippen LogP contribution in [0.2, 0.25) is 0 Å². The average Bonchev–Trinajstić information content (AvgIpc) is 3.47. The highest BCUT2D eigenvalue weighted by Gasteiger charge is 2.32. The minimum Gasteiger partial charge on any atom is -0.336 e.